The number of phenols is 1. The molecule has 2 aromatic rings. The van der Waals surface area contributed by atoms with Crippen molar-refractivity contribution >= 4 is 17.4 Å². The van der Waals surface area contributed by atoms with Crippen molar-refractivity contribution in [2.24, 2.45) is 0 Å². The first-order valence-electron chi connectivity index (χ1n) is 6.67. The fraction of sp³-hybridized carbons (Fsp3) is 0.294. The second-order valence-corrected chi connectivity index (χ2v) is 7.00. The number of nitrogens with two attached hydrogens (primary N) is 1. The van der Waals surface area contributed by atoms with Crippen molar-refractivity contribution in [2.45, 2.75) is 36.8 Å². The molecule has 0 unspecified atom stereocenters. The zero-order valence-electron chi connectivity index (χ0n) is 12.2. The van der Waals surface area contributed by atoms with Crippen molar-refractivity contribution in [3.63, 3.8) is 0 Å². The Hall–Kier alpha value is -1.61. The number of aromatic hydroxyl groups is 1. The number of nitrogen functional groups attached to an aromatic ring is 1. The topological polar surface area (TPSA) is 46.2 Å². The van der Waals surface area contributed by atoms with Gasteiger partial charge in [-0.3, -0.25) is 0 Å². The lowest BCUT2D eigenvalue weighted by atomic mass is 9.87. The molecule has 0 aliphatic carbocycles. The molecule has 3 N–H and O–H groups in total. The molecule has 0 amide bonds. The van der Waals surface area contributed by atoms with Gasteiger partial charge < -0.3 is 10.8 Å². The zero-order chi connectivity index (χ0) is 14.8. The Balaban J connectivity index is 2.02. The molecule has 0 heterocycles. The maximum Gasteiger partial charge on any atom is 0.138 e. The van der Waals surface area contributed by atoms with E-state index in [2.05, 4.69) is 45.0 Å². The van der Waals surface area contributed by atoms with Gasteiger partial charge in [0.15, 0.2) is 0 Å². The summed E-state index contributed by atoms with van der Waals surface area (Å²) in [5.41, 5.74) is 8.78. The predicted octanol–water partition coefficient (Wildman–Crippen LogP) is 4.56. The SMILES string of the molecule is CC(C)(C)c1ccc(SCc2ccc(O)c(N)c2)cc1. The summed E-state index contributed by atoms with van der Waals surface area (Å²) in [5.74, 6) is 0.993. The summed E-state index contributed by atoms with van der Waals surface area (Å²) in [7, 11) is 0. The van der Waals surface area contributed by atoms with Crippen LogP contribution in [-0.4, -0.2) is 5.11 Å². The van der Waals surface area contributed by atoms with E-state index in [1.54, 1.807) is 17.8 Å². The maximum atomic E-state index is 9.40. The molecule has 0 saturated carbocycles. The molecule has 0 spiro atoms. The molecule has 20 heavy (non-hydrogen) atoms. The van der Waals surface area contributed by atoms with Crippen LogP contribution in [0.15, 0.2) is 47.4 Å². The van der Waals surface area contributed by atoms with Gasteiger partial charge in [0.25, 0.3) is 0 Å². The average Bonchev–Trinajstić information content (AvgIpc) is 2.40. The minimum Gasteiger partial charge on any atom is -0.506 e. The fourth-order valence-corrected chi connectivity index (χ4v) is 2.75. The minimum absolute atomic E-state index is 0.147. The van der Waals surface area contributed by atoms with Crippen molar-refractivity contribution in [3.05, 3.63) is 53.6 Å². The lowest BCUT2D eigenvalue weighted by Gasteiger charge is -2.19. The second-order valence-electron chi connectivity index (χ2n) is 5.96. The Bertz CT molecular complexity index is 585. The number of hydrogen-bond acceptors (Lipinski definition) is 3. The highest BCUT2D eigenvalue weighted by molar-refractivity contribution is 7.98. The monoisotopic (exact) mass is 287 g/mol. The van der Waals surface area contributed by atoms with Gasteiger partial charge in [0.2, 0.25) is 0 Å². The van der Waals surface area contributed by atoms with Gasteiger partial charge in [-0.05, 0) is 40.8 Å². The van der Waals surface area contributed by atoms with E-state index in [1.807, 2.05) is 12.1 Å². The summed E-state index contributed by atoms with van der Waals surface area (Å²) in [6.45, 7) is 6.65. The molecule has 0 bridgehead atoms. The minimum atomic E-state index is 0.147. The van der Waals surface area contributed by atoms with Crippen LogP contribution < -0.4 is 5.73 Å². The van der Waals surface area contributed by atoms with Gasteiger partial charge in [-0.15, -0.1) is 11.8 Å². The molecule has 0 aromatic heterocycles. The third-order valence-corrected chi connectivity index (χ3v) is 4.30. The Morgan fingerprint density at radius 2 is 1.70 bits per heavy atom. The molecule has 2 rings (SSSR count). The van der Waals surface area contributed by atoms with Crippen LogP contribution in [0.2, 0.25) is 0 Å². The second kappa shape index (κ2) is 5.80. The quantitative estimate of drug-likeness (QED) is 0.494. The Morgan fingerprint density at radius 1 is 1.05 bits per heavy atom. The van der Waals surface area contributed by atoms with Crippen molar-refractivity contribution in [3.8, 4) is 5.75 Å². The summed E-state index contributed by atoms with van der Waals surface area (Å²) in [5, 5.41) is 9.40. The van der Waals surface area contributed by atoms with Gasteiger partial charge in [0, 0.05) is 10.6 Å². The number of rotatable bonds is 3. The summed E-state index contributed by atoms with van der Waals surface area (Å²) in [6.07, 6.45) is 0. The molecule has 0 atom stereocenters. The van der Waals surface area contributed by atoms with Gasteiger partial charge in [0.05, 0.1) is 5.69 Å². The van der Waals surface area contributed by atoms with Crippen LogP contribution in [0.25, 0.3) is 0 Å². The Kier molecular flexibility index (Phi) is 4.29. The van der Waals surface area contributed by atoms with Gasteiger partial charge in [0.1, 0.15) is 5.75 Å². The number of benzene rings is 2. The summed E-state index contributed by atoms with van der Waals surface area (Å²) < 4.78 is 0. The van der Waals surface area contributed by atoms with Crippen LogP contribution in [0.4, 0.5) is 5.69 Å². The van der Waals surface area contributed by atoms with Crippen LogP contribution in [-0.2, 0) is 11.2 Å². The molecular formula is C17H21NOS. The largest absolute Gasteiger partial charge is 0.506 e. The molecule has 0 aliphatic heterocycles. The first-order chi connectivity index (χ1) is 9.36. The number of anilines is 1. The third-order valence-electron chi connectivity index (χ3n) is 3.22. The van der Waals surface area contributed by atoms with E-state index >= 15 is 0 Å². The molecule has 2 aromatic carbocycles. The highest BCUT2D eigenvalue weighted by Crippen LogP contribution is 2.29. The Labute approximate surface area is 125 Å². The molecule has 2 nitrogen and oxygen atoms in total. The molecule has 0 radical (unpaired) electrons. The molecule has 0 fully saturated rings. The standard InChI is InChI=1S/C17H21NOS/c1-17(2,3)13-5-7-14(8-6-13)20-11-12-4-9-16(19)15(18)10-12/h4-10,19H,11,18H2,1-3H3. The van der Waals surface area contributed by atoms with Crippen LogP contribution >= 0.6 is 11.8 Å². The summed E-state index contributed by atoms with van der Waals surface area (Å²) in [6, 6.07) is 14.1. The highest BCUT2D eigenvalue weighted by atomic mass is 32.2. The van der Waals surface area contributed by atoms with Crippen molar-refractivity contribution in [1.82, 2.24) is 0 Å². The lowest BCUT2D eigenvalue weighted by Crippen LogP contribution is -2.10. The number of phenolic OH excluding ortho intramolecular Hbond substituents is 1. The summed E-state index contributed by atoms with van der Waals surface area (Å²) in [4.78, 5) is 1.24. The van der Waals surface area contributed by atoms with E-state index in [1.165, 1.54) is 10.5 Å². The van der Waals surface area contributed by atoms with E-state index in [9.17, 15) is 5.11 Å². The normalized spacial score (nSPS) is 11.6. The van der Waals surface area contributed by atoms with E-state index in [0.717, 1.165) is 11.3 Å². The summed E-state index contributed by atoms with van der Waals surface area (Å²) >= 11 is 1.77. The number of hydrogen-bond donors (Lipinski definition) is 2. The van der Waals surface area contributed by atoms with E-state index in [4.69, 9.17) is 5.73 Å². The predicted molar refractivity (Wildman–Crippen MR) is 87.2 cm³/mol. The molecule has 0 saturated heterocycles. The van der Waals surface area contributed by atoms with Crippen LogP contribution in [0.5, 0.6) is 5.75 Å². The van der Waals surface area contributed by atoms with E-state index in [0.29, 0.717) is 5.69 Å². The van der Waals surface area contributed by atoms with Gasteiger partial charge >= 0.3 is 0 Å². The average molecular weight is 287 g/mol. The van der Waals surface area contributed by atoms with Gasteiger partial charge in [-0.2, -0.15) is 0 Å². The van der Waals surface area contributed by atoms with E-state index < -0.39 is 0 Å². The molecular weight excluding hydrogens is 266 g/mol. The smallest absolute Gasteiger partial charge is 0.138 e. The Morgan fingerprint density at radius 3 is 2.25 bits per heavy atom. The molecule has 0 aliphatic rings. The first kappa shape index (κ1) is 14.8. The lowest BCUT2D eigenvalue weighted by molar-refractivity contribution is 0.478. The van der Waals surface area contributed by atoms with Crippen molar-refractivity contribution in [2.75, 3.05) is 5.73 Å². The zero-order valence-corrected chi connectivity index (χ0v) is 13.0. The molecule has 106 valence electrons. The van der Waals surface area contributed by atoms with Gasteiger partial charge in [-0.1, -0.05) is 39.0 Å². The van der Waals surface area contributed by atoms with Crippen molar-refractivity contribution in [1.29, 1.82) is 0 Å². The van der Waals surface area contributed by atoms with Crippen molar-refractivity contribution < 1.29 is 5.11 Å². The fourth-order valence-electron chi connectivity index (χ4n) is 1.91. The van der Waals surface area contributed by atoms with Crippen LogP contribution in [0, 0.1) is 0 Å². The third kappa shape index (κ3) is 3.70. The van der Waals surface area contributed by atoms with Crippen LogP contribution in [0.3, 0.4) is 0 Å². The first-order valence-corrected chi connectivity index (χ1v) is 7.65. The molecule has 3 heteroatoms. The van der Waals surface area contributed by atoms with E-state index in [-0.39, 0.29) is 11.2 Å². The maximum absolute atomic E-state index is 9.40. The number of thioether (sulfide) groups is 1. The highest BCUT2D eigenvalue weighted by Gasteiger charge is 2.12. The van der Waals surface area contributed by atoms with Crippen LogP contribution in [0.1, 0.15) is 31.9 Å². The van der Waals surface area contributed by atoms with Gasteiger partial charge in [-0.25, -0.2) is 0 Å².